The molecule has 0 saturated heterocycles. The Morgan fingerprint density at radius 2 is 0.846 bits per heavy atom. The second kappa shape index (κ2) is 36.3. The number of aliphatic carboxylic acids is 1. The highest BCUT2D eigenvalue weighted by Crippen LogP contribution is 2.16. The number of quaternary nitrogens is 1. The summed E-state index contributed by atoms with van der Waals surface area (Å²) < 4.78 is 17.3. The molecule has 0 aliphatic rings. The molecule has 0 spiro atoms. The Balaban J connectivity index is 4.31. The Morgan fingerprint density at radius 1 is 0.500 bits per heavy atom. The van der Waals surface area contributed by atoms with E-state index in [0.29, 0.717) is 19.3 Å². The molecule has 0 fully saturated rings. The average Bonchev–Trinajstić information content (AvgIpc) is 3.09. The number of ether oxygens (including phenoxy) is 3. The number of nitrogens with zero attached hydrogens (tertiary/aromatic N) is 1. The van der Waals surface area contributed by atoms with Crippen molar-refractivity contribution in [2.75, 3.05) is 41.0 Å². The lowest BCUT2D eigenvalue weighted by Gasteiger charge is -2.31. The number of hydrogen-bond acceptors (Lipinski definition) is 6. The number of hydrogen-bond donors (Lipinski definition) is 1. The van der Waals surface area contributed by atoms with Gasteiger partial charge in [0.1, 0.15) is 6.61 Å². The lowest BCUT2D eigenvalue weighted by atomic mass is 10.0. The minimum absolute atomic E-state index is 0.0421. The molecule has 0 aromatic heterocycles. The Bertz CT molecular complexity index is 828. The zero-order chi connectivity index (χ0) is 38.5. The molecule has 8 nitrogen and oxygen atoms in total. The van der Waals surface area contributed by atoms with E-state index in [0.717, 1.165) is 38.5 Å². The summed E-state index contributed by atoms with van der Waals surface area (Å²) in [6, 6.07) is -0.607. The third-order valence-corrected chi connectivity index (χ3v) is 10.3. The Morgan fingerprint density at radius 3 is 1.19 bits per heavy atom. The van der Waals surface area contributed by atoms with Crippen molar-refractivity contribution in [1.29, 1.82) is 0 Å². The summed E-state index contributed by atoms with van der Waals surface area (Å²) in [6.07, 6.45) is 35.6. The van der Waals surface area contributed by atoms with Gasteiger partial charge in [0.15, 0.2) is 12.1 Å². The van der Waals surface area contributed by atoms with Crippen molar-refractivity contribution < 1.29 is 38.2 Å². The van der Waals surface area contributed by atoms with Gasteiger partial charge in [-0.2, -0.15) is 0 Å². The van der Waals surface area contributed by atoms with Gasteiger partial charge in [-0.15, -0.1) is 0 Å². The average molecular weight is 741 g/mol. The number of likely N-dealkylation sites (N-methyl/N-ethyl adjacent to an activating group) is 1. The number of carbonyl (C=O) groups excluding carboxylic acids is 2. The van der Waals surface area contributed by atoms with E-state index in [4.69, 9.17) is 14.2 Å². The van der Waals surface area contributed by atoms with Crippen LogP contribution >= 0.6 is 0 Å². The molecular formula is C44H86NO7+. The third kappa shape index (κ3) is 34.1. The highest BCUT2D eigenvalue weighted by molar-refractivity contribution is 5.72. The van der Waals surface area contributed by atoms with Crippen molar-refractivity contribution in [2.24, 2.45) is 0 Å². The first kappa shape index (κ1) is 50.3. The molecule has 8 heteroatoms. The maximum absolute atomic E-state index is 12.7. The summed E-state index contributed by atoms with van der Waals surface area (Å²) in [5.74, 6) is -1.45. The number of rotatable bonds is 40. The normalized spacial score (nSPS) is 12.9. The fourth-order valence-corrected chi connectivity index (χ4v) is 6.80. The van der Waals surface area contributed by atoms with Crippen LogP contribution in [0.2, 0.25) is 0 Å². The van der Waals surface area contributed by atoms with E-state index in [1.165, 1.54) is 141 Å². The monoisotopic (exact) mass is 741 g/mol. The molecule has 1 N–H and O–H groups in total. The summed E-state index contributed by atoms with van der Waals surface area (Å²) in [5, 5.41) is 9.61. The molecular weight excluding hydrogens is 654 g/mol. The van der Waals surface area contributed by atoms with Crippen LogP contribution in [0.25, 0.3) is 0 Å². The van der Waals surface area contributed by atoms with Crippen molar-refractivity contribution in [2.45, 2.75) is 225 Å². The number of carboxylic acids is 1. The summed E-state index contributed by atoms with van der Waals surface area (Å²) >= 11 is 0. The van der Waals surface area contributed by atoms with Crippen LogP contribution in [0.3, 0.4) is 0 Å². The first-order valence-corrected chi connectivity index (χ1v) is 22.1. The first-order chi connectivity index (χ1) is 25.1. The standard InChI is InChI=1S/C44H85NO7/c1-6-8-10-12-14-16-18-20-22-24-26-28-30-32-34-42(46)51-39-40(38-50-37-36-41(44(48)49)45(3,4)5)52-43(47)35-33-31-29-27-25-23-21-19-17-15-13-11-9-7-2/h40-41H,6-39H2,1-5H3/p+1. The van der Waals surface area contributed by atoms with Gasteiger partial charge in [-0.25, -0.2) is 4.79 Å². The van der Waals surface area contributed by atoms with Gasteiger partial charge in [-0.1, -0.05) is 181 Å². The lowest BCUT2D eigenvalue weighted by Crippen LogP contribution is -2.50. The molecule has 0 heterocycles. The maximum atomic E-state index is 12.7. The second-order valence-corrected chi connectivity index (χ2v) is 16.3. The van der Waals surface area contributed by atoms with Gasteiger partial charge in [-0.05, 0) is 12.8 Å². The highest BCUT2D eigenvalue weighted by atomic mass is 16.6. The van der Waals surface area contributed by atoms with Crippen molar-refractivity contribution in [3.8, 4) is 0 Å². The smallest absolute Gasteiger partial charge is 0.362 e. The van der Waals surface area contributed by atoms with Crippen LogP contribution in [0.5, 0.6) is 0 Å². The van der Waals surface area contributed by atoms with Crippen LogP contribution in [-0.4, -0.2) is 80.6 Å². The minimum atomic E-state index is -0.871. The van der Waals surface area contributed by atoms with Gasteiger partial charge >= 0.3 is 17.9 Å². The highest BCUT2D eigenvalue weighted by Gasteiger charge is 2.31. The fourth-order valence-electron chi connectivity index (χ4n) is 6.80. The summed E-state index contributed by atoms with van der Waals surface area (Å²) in [4.78, 5) is 36.9. The first-order valence-electron chi connectivity index (χ1n) is 22.1. The Kier molecular flexibility index (Phi) is 35.1. The number of esters is 2. The van der Waals surface area contributed by atoms with Crippen LogP contribution in [0, 0.1) is 0 Å². The van der Waals surface area contributed by atoms with E-state index in [2.05, 4.69) is 13.8 Å². The largest absolute Gasteiger partial charge is 0.477 e. The zero-order valence-electron chi connectivity index (χ0n) is 35.0. The Hall–Kier alpha value is -1.67. The van der Waals surface area contributed by atoms with Gasteiger partial charge in [0.2, 0.25) is 0 Å². The summed E-state index contributed by atoms with van der Waals surface area (Å²) in [7, 11) is 5.54. The van der Waals surface area contributed by atoms with Crippen molar-refractivity contribution in [3.05, 3.63) is 0 Å². The van der Waals surface area contributed by atoms with Crippen LogP contribution < -0.4 is 0 Å². The van der Waals surface area contributed by atoms with E-state index >= 15 is 0 Å². The molecule has 0 amide bonds. The molecule has 0 aromatic rings. The third-order valence-electron chi connectivity index (χ3n) is 10.3. The maximum Gasteiger partial charge on any atom is 0.362 e. The molecule has 2 unspecified atom stereocenters. The van der Waals surface area contributed by atoms with Crippen molar-refractivity contribution in [3.63, 3.8) is 0 Å². The van der Waals surface area contributed by atoms with Gasteiger partial charge in [0.05, 0.1) is 34.4 Å². The molecule has 308 valence electrons. The summed E-state index contributed by atoms with van der Waals surface area (Å²) in [5.41, 5.74) is 0. The quantitative estimate of drug-likeness (QED) is 0.0379. The van der Waals surface area contributed by atoms with Gasteiger partial charge < -0.3 is 23.8 Å². The van der Waals surface area contributed by atoms with Crippen LogP contribution in [0.1, 0.15) is 213 Å². The van der Waals surface area contributed by atoms with E-state index in [1.54, 1.807) is 0 Å². The molecule has 0 bridgehead atoms. The summed E-state index contributed by atoms with van der Waals surface area (Å²) in [6.45, 7) is 4.77. The van der Waals surface area contributed by atoms with E-state index in [-0.39, 0.29) is 36.2 Å². The molecule has 2 atom stereocenters. The molecule has 0 aliphatic heterocycles. The molecule has 0 rings (SSSR count). The zero-order valence-corrected chi connectivity index (χ0v) is 35.0. The molecule has 0 aliphatic carbocycles. The second-order valence-electron chi connectivity index (χ2n) is 16.3. The molecule has 0 radical (unpaired) electrons. The fraction of sp³-hybridized carbons (Fsp3) is 0.932. The van der Waals surface area contributed by atoms with Crippen LogP contribution in [-0.2, 0) is 28.6 Å². The van der Waals surface area contributed by atoms with Gasteiger partial charge in [-0.3, -0.25) is 9.59 Å². The molecule has 0 saturated carbocycles. The topological polar surface area (TPSA) is 99.1 Å². The predicted molar refractivity (Wildman–Crippen MR) is 216 cm³/mol. The van der Waals surface area contributed by atoms with E-state index in [9.17, 15) is 19.5 Å². The number of unbranched alkanes of at least 4 members (excludes halogenated alkanes) is 26. The van der Waals surface area contributed by atoms with Gasteiger partial charge in [0, 0.05) is 19.3 Å². The Labute approximate surface area is 321 Å². The van der Waals surface area contributed by atoms with Crippen LogP contribution in [0.4, 0.5) is 0 Å². The molecule has 52 heavy (non-hydrogen) atoms. The lowest BCUT2D eigenvalue weighted by molar-refractivity contribution is -0.887. The van der Waals surface area contributed by atoms with Crippen molar-refractivity contribution in [1.82, 2.24) is 0 Å². The van der Waals surface area contributed by atoms with E-state index in [1.807, 2.05) is 21.1 Å². The van der Waals surface area contributed by atoms with Crippen LogP contribution in [0.15, 0.2) is 0 Å². The molecule has 0 aromatic carbocycles. The predicted octanol–water partition coefficient (Wildman–Crippen LogP) is 11.8. The minimum Gasteiger partial charge on any atom is -0.477 e. The van der Waals surface area contributed by atoms with Crippen molar-refractivity contribution >= 4 is 17.9 Å². The van der Waals surface area contributed by atoms with Gasteiger partial charge in [0.25, 0.3) is 0 Å². The number of carbonyl (C=O) groups is 3. The SMILES string of the molecule is CCCCCCCCCCCCCCCCC(=O)OCC(COCCC(C(=O)O)[N+](C)(C)C)OC(=O)CCCCCCCCCCCCCCCC. The van der Waals surface area contributed by atoms with E-state index < -0.39 is 18.1 Å². The number of carboxylic acid groups (broad SMARTS) is 1.